The van der Waals surface area contributed by atoms with E-state index in [0.717, 1.165) is 29.7 Å². The average Bonchev–Trinajstić information content (AvgIpc) is 3.26. The maximum atomic E-state index is 13.9. The van der Waals surface area contributed by atoms with Crippen molar-refractivity contribution in [2.45, 2.75) is 31.8 Å². The maximum absolute atomic E-state index is 13.9. The van der Waals surface area contributed by atoms with Gasteiger partial charge in [-0.15, -0.1) is 5.10 Å². The Hall–Kier alpha value is -2.60. The molecule has 122 valence electrons. The largest absolute Gasteiger partial charge is 0.303 e. The molecule has 0 radical (unpaired) electrons. The molecule has 1 aliphatic rings. The van der Waals surface area contributed by atoms with Crippen LogP contribution in [0, 0.1) is 5.82 Å². The highest BCUT2D eigenvalue weighted by atomic mass is 19.1. The van der Waals surface area contributed by atoms with E-state index in [1.807, 2.05) is 18.2 Å². The summed E-state index contributed by atoms with van der Waals surface area (Å²) in [6, 6.07) is 13.8. The van der Waals surface area contributed by atoms with Gasteiger partial charge in [0, 0.05) is 12.1 Å². The van der Waals surface area contributed by atoms with Crippen molar-refractivity contribution in [3.63, 3.8) is 0 Å². The molecule has 5 nitrogen and oxygen atoms in total. The molecule has 6 heteroatoms. The van der Waals surface area contributed by atoms with Gasteiger partial charge in [0.1, 0.15) is 12.1 Å². The molecule has 2 aromatic carbocycles. The van der Waals surface area contributed by atoms with Crippen LogP contribution in [0.2, 0.25) is 0 Å². The Bertz CT molecular complexity index is 829. The first-order chi connectivity index (χ1) is 11.7. The van der Waals surface area contributed by atoms with E-state index in [1.165, 1.54) is 5.56 Å². The molecule has 0 fully saturated rings. The van der Waals surface area contributed by atoms with Crippen LogP contribution in [-0.2, 0) is 6.42 Å². The predicted octanol–water partition coefficient (Wildman–Crippen LogP) is 3.14. The van der Waals surface area contributed by atoms with Crippen LogP contribution in [0.15, 0.2) is 48.8 Å². The highest BCUT2D eigenvalue weighted by Gasteiger charge is 2.25. The molecule has 0 aliphatic heterocycles. The lowest BCUT2D eigenvalue weighted by atomic mass is 10.0. The van der Waals surface area contributed by atoms with Crippen LogP contribution in [0.1, 0.15) is 42.1 Å². The van der Waals surface area contributed by atoms with Crippen LogP contribution in [0.5, 0.6) is 0 Å². The van der Waals surface area contributed by atoms with Crippen molar-refractivity contribution >= 4 is 0 Å². The fraction of sp³-hybridized carbons (Fsp3) is 0.278. The number of nitrogens with zero attached hydrogens (tertiary/aromatic N) is 4. The number of benzene rings is 2. The third-order valence-electron chi connectivity index (χ3n) is 4.67. The standard InChI is InChI=1S/C18H18FN5/c1-12(13-5-7-14(8-6-13)24-11-20-22-23-24)21-18-10-9-15-16(18)3-2-4-17(15)19/h2-8,11-12,18,21H,9-10H2,1H3/t12-,18+/m1/s1. The van der Waals surface area contributed by atoms with E-state index in [2.05, 4.69) is 39.9 Å². The Morgan fingerprint density at radius 3 is 2.79 bits per heavy atom. The van der Waals surface area contributed by atoms with Gasteiger partial charge >= 0.3 is 0 Å². The van der Waals surface area contributed by atoms with Crippen LogP contribution in [0.25, 0.3) is 5.69 Å². The van der Waals surface area contributed by atoms with E-state index < -0.39 is 0 Å². The Morgan fingerprint density at radius 2 is 2.04 bits per heavy atom. The average molecular weight is 323 g/mol. The summed E-state index contributed by atoms with van der Waals surface area (Å²) < 4.78 is 15.5. The molecule has 3 aromatic rings. The minimum atomic E-state index is -0.0877. The van der Waals surface area contributed by atoms with E-state index in [4.69, 9.17) is 0 Å². The summed E-state index contributed by atoms with van der Waals surface area (Å²) in [5.74, 6) is -0.0877. The number of fused-ring (bicyclic) bond motifs is 1. The van der Waals surface area contributed by atoms with Crippen molar-refractivity contribution in [2.24, 2.45) is 0 Å². The van der Waals surface area contributed by atoms with Gasteiger partial charge in [0.2, 0.25) is 0 Å². The van der Waals surface area contributed by atoms with Gasteiger partial charge < -0.3 is 5.32 Å². The Morgan fingerprint density at radius 1 is 1.21 bits per heavy atom. The first-order valence-electron chi connectivity index (χ1n) is 8.09. The number of tetrazole rings is 1. The van der Waals surface area contributed by atoms with Crippen LogP contribution >= 0.6 is 0 Å². The van der Waals surface area contributed by atoms with Gasteiger partial charge in [-0.1, -0.05) is 24.3 Å². The fourth-order valence-electron chi connectivity index (χ4n) is 3.38. The molecule has 0 saturated carbocycles. The third-order valence-corrected chi connectivity index (χ3v) is 4.67. The first kappa shape index (κ1) is 15.0. The molecule has 0 bridgehead atoms. The summed E-state index contributed by atoms with van der Waals surface area (Å²) in [5.41, 5.74) is 4.05. The van der Waals surface area contributed by atoms with Crippen molar-refractivity contribution in [1.82, 2.24) is 25.5 Å². The Kier molecular flexibility index (Phi) is 3.82. The quantitative estimate of drug-likeness (QED) is 0.801. The molecule has 0 unspecified atom stereocenters. The van der Waals surface area contributed by atoms with Crippen LogP contribution in [0.4, 0.5) is 4.39 Å². The second-order valence-corrected chi connectivity index (χ2v) is 6.13. The molecule has 0 spiro atoms. The summed E-state index contributed by atoms with van der Waals surface area (Å²) in [6.45, 7) is 2.13. The molecule has 2 atom stereocenters. The molecule has 1 heterocycles. The minimum Gasteiger partial charge on any atom is -0.303 e. The maximum Gasteiger partial charge on any atom is 0.143 e. The van der Waals surface area contributed by atoms with Crippen molar-refractivity contribution in [3.05, 3.63) is 71.3 Å². The molecule has 1 aromatic heterocycles. The lowest BCUT2D eigenvalue weighted by Crippen LogP contribution is -2.23. The molecule has 1 N–H and O–H groups in total. The SMILES string of the molecule is C[C@@H](N[C@H]1CCc2c(F)cccc21)c1ccc(-n2cnnn2)cc1. The lowest BCUT2D eigenvalue weighted by molar-refractivity contribution is 0.465. The second kappa shape index (κ2) is 6.13. The molecular formula is C18H18FN5. The van der Waals surface area contributed by atoms with E-state index in [9.17, 15) is 4.39 Å². The fourth-order valence-corrected chi connectivity index (χ4v) is 3.38. The van der Waals surface area contributed by atoms with Crippen LogP contribution in [0.3, 0.4) is 0 Å². The van der Waals surface area contributed by atoms with E-state index in [-0.39, 0.29) is 17.9 Å². The molecule has 0 amide bonds. The number of rotatable bonds is 4. The smallest absolute Gasteiger partial charge is 0.143 e. The lowest BCUT2D eigenvalue weighted by Gasteiger charge is -2.21. The molecule has 1 aliphatic carbocycles. The van der Waals surface area contributed by atoms with Crippen molar-refractivity contribution in [1.29, 1.82) is 0 Å². The topological polar surface area (TPSA) is 55.6 Å². The minimum absolute atomic E-state index is 0.0877. The molecule has 0 saturated heterocycles. The highest BCUT2D eigenvalue weighted by molar-refractivity contribution is 5.37. The predicted molar refractivity (Wildman–Crippen MR) is 88.2 cm³/mol. The van der Waals surface area contributed by atoms with Gasteiger partial charge in [-0.05, 0) is 65.1 Å². The van der Waals surface area contributed by atoms with E-state index in [1.54, 1.807) is 23.1 Å². The van der Waals surface area contributed by atoms with Crippen molar-refractivity contribution < 1.29 is 4.39 Å². The zero-order valence-electron chi connectivity index (χ0n) is 13.4. The van der Waals surface area contributed by atoms with Gasteiger partial charge in [-0.3, -0.25) is 0 Å². The monoisotopic (exact) mass is 323 g/mol. The van der Waals surface area contributed by atoms with Crippen LogP contribution in [-0.4, -0.2) is 20.2 Å². The summed E-state index contributed by atoms with van der Waals surface area (Å²) in [5, 5.41) is 14.8. The highest BCUT2D eigenvalue weighted by Crippen LogP contribution is 2.34. The molecule has 24 heavy (non-hydrogen) atoms. The van der Waals surface area contributed by atoms with Crippen molar-refractivity contribution in [2.75, 3.05) is 0 Å². The van der Waals surface area contributed by atoms with Gasteiger partial charge in [0.15, 0.2) is 0 Å². The number of halogens is 1. The summed E-state index contributed by atoms with van der Waals surface area (Å²) in [6.07, 6.45) is 3.30. The van der Waals surface area contributed by atoms with Crippen molar-refractivity contribution in [3.8, 4) is 5.69 Å². The zero-order chi connectivity index (χ0) is 16.5. The number of aromatic nitrogens is 4. The summed E-state index contributed by atoms with van der Waals surface area (Å²) in [7, 11) is 0. The van der Waals surface area contributed by atoms with Crippen LogP contribution < -0.4 is 5.32 Å². The van der Waals surface area contributed by atoms with Gasteiger partial charge in [0.05, 0.1) is 5.69 Å². The normalized spacial score (nSPS) is 17.7. The number of hydrogen-bond donors (Lipinski definition) is 1. The van der Waals surface area contributed by atoms with Gasteiger partial charge in [0.25, 0.3) is 0 Å². The molecule has 4 rings (SSSR count). The van der Waals surface area contributed by atoms with E-state index in [0.29, 0.717) is 0 Å². The van der Waals surface area contributed by atoms with Gasteiger partial charge in [-0.25, -0.2) is 9.07 Å². The summed E-state index contributed by atoms with van der Waals surface area (Å²) >= 11 is 0. The number of nitrogens with one attached hydrogen (secondary N) is 1. The van der Waals surface area contributed by atoms with E-state index >= 15 is 0 Å². The third kappa shape index (κ3) is 2.69. The Labute approximate surface area is 139 Å². The first-order valence-corrected chi connectivity index (χ1v) is 8.09. The number of hydrogen-bond acceptors (Lipinski definition) is 4. The second-order valence-electron chi connectivity index (χ2n) is 6.13. The molecular weight excluding hydrogens is 305 g/mol. The summed E-state index contributed by atoms with van der Waals surface area (Å²) in [4.78, 5) is 0. The zero-order valence-corrected chi connectivity index (χ0v) is 13.4. The van der Waals surface area contributed by atoms with Gasteiger partial charge in [-0.2, -0.15) is 0 Å². The Balaban J connectivity index is 1.49.